The summed E-state index contributed by atoms with van der Waals surface area (Å²) in [6.45, 7) is 0. The van der Waals surface area contributed by atoms with E-state index in [0.29, 0.717) is 17.1 Å². The SMILES string of the molecule is Nc1oc(-c2ccc([N+](=O)[O-])cc2)nc1-c1ccccc1. The lowest BCUT2D eigenvalue weighted by atomic mass is 10.1. The number of anilines is 1. The Balaban J connectivity index is 1.99. The minimum Gasteiger partial charge on any atom is -0.420 e. The highest BCUT2D eigenvalue weighted by atomic mass is 16.6. The smallest absolute Gasteiger partial charge is 0.269 e. The first-order valence-electron chi connectivity index (χ1n) is 6.21. The van der Waals surface area contributed by atoms with Crippen LogP contribution in [0.25, 0.3) is 22.7 Å². The molecule has 0 amide bonds. The fraction of sp³-hybridized carbons (Fsp3) is 0. The van der Waals surface area contributed by atoms with Gasteiger partial charge in [0.1, 0.15) is 5.69 Å². The molecule has 0 fully saturated rings. The number of rotatable bonds is 3. The molecule has 2 N–H and O–H groups in total. The van der Waals surface area contributed by atoms with Gasteiger partial charge in [-0.25, -0.2) is 4.98 Å². The van der Waals surface area contributed by atoms with Crippen LogP contribution in [0.2, 0.25) is 0 Å². The van der Waals surface area contributed by atoms with Crippen molar-refractivity contribution in [1.82, 2.24) is 4.98 Å². The van der Waals surface area contributed by atoms with Gasteiger partial charge in [0.05, 0.1) is 4.92 Å². The van der Waals surface area contributed by atoms with E-state index in [1.165, 1.54) is 12.1 Å². The van der Waals surface area contributed by atoms with Gasteiger partial charge in [0.2, 0.25) is 11.8 Å². The molecule has 6 heteroatoms. The summed E-state index contributed by atoms with van der Waals surface area (Å²) in [5.74, 6) is 0.552. The largest absolute Gasteiger partial charge is 0.420 e. The summed E-state index contributed by atoms with van der Waals surface area (Å²) in [5.41, 5.74) is 7.91. The summed E-state index contributed by atoms with van der Waals surface area (Å²) < 4.78 is 5.45. The van der Waals surface area contributed by atoms with Crippen molar-refractivity contribution in [3.05, 3.63) is 64.7 Å². The van der Waals surface area contributed by atoms with Crippen molar-refractivity contribution in [3.8, 4) is 22.7 Å². The minimum atomic E-state index is -0.455. The quantitative estimate of drug-likeness (QED) is 0.585. The fourth-order valence-corrected chi connectivity index (χ4v) is 1.98. The van der Waals surface area contributed by atoms with Gasteiger partial charge in [0, 0.05) is 23.3 Å². The molecule has 0 aliphatic carbocycles. The highest BCUT2D eigenvalue weighted by Gasteiger charge is 2.14. The number of nitrogens with two attached hydrogens (primary N) is 1. The second-order valence-electron chi connectivity index (χ2n) is 4.40. The molecule has 104 valence electrons. The molecule has 2 aromatic carbocycles. The Kier molecular flexibility index (Phi) is 3.12. The third kappa shape index (κ3) is 2.46. The molecule has 0 spiro atoms. The van der Waals surface area contributed by atoms with Crippen LogP contribution in [0.1, 0.15) is 0 Å². The van der Waals surface area contributed by atoms with Gasteiger partial charge >= 0.3 is 0 Å². The van der Waals surface area contributed by atoms with Crippen molar-refractivity contribution in [2.24, 2.45) is 0 Å². The van der Waals surface area contributed by atoms with Crippen LogP contribution in [0, 0.1) is 10.1 Å². The first-order chi connectivity index (χ1) is 10.1. The summed E-state index contributed by atoms with van der Waals surface area (Å²) in [7, 11) is 0. The molecule has 0 unspecified atom stereocenters. The van der Waals surface area contributed by atoms with Gasteiger partial charge in [-0.05, 0) is 12.1 Å². The Hall–Kier alpha value is -3.15. The van der Waals surface area contributed by atoms with Crippen LogP contribution in [0.4, 0.5) is 11.6 Å². The summed E-state index contributed by atoms with van der Waals surface area (Å²) in [5, 5.41) is 10.6. The molecular formula is C15H11N3O3. The number of nitrogen functional groups attached to an aromatic ring is 1. The Morgan fingerprint density at radius 1 is 1.00 bits per heavy atom. The maximum Gasteiger partial charge on any atom is 0.269 e. The van der Waals surface area contributed by atoms with Crippen LogP contribution in [0.15, 0.2) is 59.0 Å². The second kappa shape index (κ2) is 5.09. The maximum absolute atomic E-state index is 10.6. The lowest BCUT2D eigenvalue weighted by Crippen LogP contribution is -1.87. The third-order valence-corrected chi connectivity index (χ3v) is 3.03. The highest BCUT2D eigenvalue weighted by Crippen LogP contribution is 2.31. The van der Waals surface area contributed by atoms with Crippen LogP contribution in [-0.4, -0.2) is 9.91 Å². The maximum atomic E-state index is 10.6. The van der Waals surface area contributed by atoms with Gasteiger partial charge < -0.3 is 10.2 Å². The highest BCUT2D eigenvalue weighted by molar-refractivity contribution is 5.72. The topological polar surface area (TPSA) is 95.2 Å². The van der Waals surface area contributed by atoms with Gasteiger partial charge in [-0.2, -0.15) is 0 Å². The van der Waals surface area contributed by atoms with Crippen molar-refractivity contribution < 1.29 is 9.34 Å². The molecule has 6 nitrogen and oxygen atoms in total. The molecule has 3 rings (SSSR count). The van der Waals surface area contributed by atoms with E-state index < -0.39 is 4.92 Å². The van der Waals surface area contributed by atoms with Crippen LogP contribution in [0.5, 0.6) is 0 Å². The molecule has 3 aromatic rings. The molecule has 0 atom stereocenters. The van der Waals surface area contributed by atoms with Crippen LogP contribution in [-0.2, 0) is 0 Å². The van der Waals surface area contributed by atoms with Crippen molar-refractivity contribution in [1.29, 1.82) is 0 Å². The van der Waals surface area contributed by atoms with E-state index in [0.717, 1.165) is 5.56 Å². The number of hydrogen-bond acceptors (Lipinski definition) is 5. The monoisotopic (exact) mass is 281 g/mol. The zero-order chi connectivity index (χ0) is 14.8. The number of nitro groups is 1. The fourth-order valence-electron chi connectivity index (χ4n) is 1.98. The van der Waals surface area contributed by atoms with Gasteiger partial charge in [0.25, 0.3) is 5.69 Å². The molecule has 0 bridgehead atoms. The van der Waals surface area contributed by atoms with Gasteiger partial charge in [-0.3, -0.25) is 10.1 Å². The number of aromatic nitrogens is 1. The summed E-state index contributed by atoms with van der Waals surface area (Å²) in [6, 6.07) is 15.4. The van der Waals surface area contributed by atoms with E-state index in [2.05, 4.69) is 4.98 Å². The van der Waals surface area contributed by atoms with Crippen LogP contribution >= 0.6 is 0 Å². The summed E-state index contributed by atoms with van der Waals surface area (Å²) >= 11 is 0. The average molecular weight is 281 g/mol. The lowest BCUT2D eigenvalue weighted by Gasteiger charge is -1.95. The van der Waals surface area contributed by atoms with E-state index >= 15 is 0 Å². The van der Waals surface area contributed by atoms with Crippen molar-refractivity contribution in [3.63, 3.8) is 0 Å². The van der Waals surface area contributed by atoms with Crippen LogP contribution in [0.3, 0.4) is 0 Å². The standard InChI is InChI=1S/C15H11N3O3/c16-14-13(10-4-2-1-3-5-10)17-15(21-14)11-6-8-12(9-7-11)18(19)20/h1-9H,16H2. The molecule has 1 heterocycles. The molecule has 0 saturated heterocycles. The molecule has 21 heavy (non-hydrogen) atoms. The average Bonchev–Trinajstić information content (AvgIpc) is 2.90. The van der Waals surface area contributed by atoms with E-state index in [1.54, 1.807) is 12.1 Å². The summed E-state index contributed by atoms with van der Waals surface area (Å²) in [4.78, 5) is 14.5. The molecule has 0 saturated carbocycles. The lowest BCUT2D eigenvalue weighted by molar-refractivity contribution is -0.384. The predicted molar refractivity (Wildman–Crippen MR) is 78.4 cm³/mol. The zero-order valence-corrected chi connectivity index (χ0v) is 10.9. The van der Waals surface area contributed by atoms with Crippen molar-refractivity contribution >= 4 is 11.6 Å². The Morgan fingerprint density at radius 2 is 1.67 bits per heavy atom. The number of nitrogens with zero attached hydrogens (tertiary/aromatic N) is 2. The first-order valence-corrected chi connectivity index (χ1v) is 6.21. The van der Waals surface area contributed by atoms with E-state index in [9.17, 15) is 10.1 Å². The number of nitro benzene ring substituents is 1. The Morgan fingerprint density at radius 3 is 2.29 bits per heavy atom. The van der Waals surface area contributed by atoms with Crippen LogP contribution < -0.4 is 5.73 Å². The second-order valence-corrected chi connectivity index (χ2v) is 4.40. The van der Waals surface area contributed by atoms with Gasteiger partial charge in [-0.15, -0.1) is 0 Å². The predicted octanol–water partition coefficient (Wildman–Crippen LogP) is 3.50. The zero-order valence-electron chi connectivity index (χ0n) is 10.9. The Labute approximate surface area is 120 Å². The molecular weight excluding hydrogens is 270 g/mol. The van der Waals surface area contributed by atoms with Gasteiger partial charge in [-0.1, -0.05) is 30.3 Å². The number of hydrogen-bond donors (Lipinski definition) is 1. The summed E-state index contributed by atoms with van der Waals surface area (Å²) in [6.07, 6.45) is 0. The minimum absolute atomic E-state index is 0.0153. The first kappa shape index (κ1) is 12.9. The normalized spacial score (nSPS) is 10.5. The van der Waals surface area contributed by atoms with E-state index in [1.807, 2.05) is 30.3 Å². The number of benzene rings is 2. The molecule has 1 aromatic heterocycles. The molecule has 0 radical (unpaired) electrons. The molecule has 0 aliphatic heterocycles. The molecule has 0 aliphatic rings. The van der Waals surface area contributed by atoms with E-state index in [4.69, 9.17) is 10.2 Å². The van der Waals surface area contributed by atoms with Gasteiger partial charge in [0.15, 0.2) is 0 Å². The van der Waals surface area contributed by atoms with E-state index in [-0.39, 0.29) is 11.6 Å². The Bertz CT molecular complexity index is 780. The number of non-ortho nitro benzene ring substituents is 1. The third-order valence-electron chi connectivity index (χ3n) is 3.03. The van der Waals surface area contributed by atoms with Crippen molar-refractivity contribution in [2.45, 2.75) is 0 Å². The van der Waals surface area contributed by atoms with Crippen molar-refractivity contribution in [2.75, 3.05) is 5.73 Å². The number of oxazole rings is 1.